The average molecular weight is 483 g/mol. The van der Waals surface area contributed by atoms with Crippen molar-refractivity contribution in [3.05, 3.63) is 54.1 Å². The second-order valence-corrected chi connectivity index (χ2v) is 10.6. The standard InChI is InChI=1S/C25H27FN4O5/c1-13-11-16(29-34-13)27-20(31)17-18-22(33)30(15-8-6-7-14(26)12-15)19(21(32)28-23(2,3)4)25(18)10-9-24(17,5)35-25/h6-12,17-19H,1-5H3,(H,28,32)(H,27,29,31). The Balaban J connectivity index is 1.60. The van der Waals surface area contributed by atoms with Crippen molar-refractivity contribution in [2.75, 3.05) is 10.2 Å². The molecule has 4 heterocycles. The molecule has 3 aliphatic rings. The molecule has 2 fully saturated rings. The van der Waals surface area contributed by atoms with Crippen LogP contribution in [-0.2, 0) is 19.1 Å². The van der Waals surface area contributed by atoms with Crippen molar-refractivity contribution in [2.24, 2.45) is 11.8 Å². The van der Waals surface area contributed by atoms with E-state index >= 15 is 0 Å². The number of aryl methyl sites for hydroxylation is 1. The second-order valence-electron chi connectivity index (χ2n) is 10.6. The molecule has 2 saturated heterocycles. The minimum Gasteiger partial charge on any atom is -0.360 e. The van der Waals surface area contributed by atoms with Gasteiger partial charge in [0.25, 0.3) is 0 Å². The van der Waals surface area contributed by atoms with Crippen molar-refractivity contribution >= 4 is 29.2 Å². The first-order valence-electron chi connectivity index (χ1n) is 11.4. The number of fused-ring (bicyclic) bond motifs is 1. The number of halogens is 1. The summed E-state index contributed by atoms with van der Waals surface area (Å²) in [6.07, 6.45) is 3.42. The van der Waals surface area contributed by atoms with Gasteiger partial charge in [-0.15, -0.1) is 0 Å². The molecule has 10 heteroatoms. The number of anilines is 2. The van der Waals surface area contributed by atoms with Crippen LogP contribution in [0.1, 0.15) is 33.5 Å². The van der Waals surface area contributed by atoms with E-state index in [1.165, 1.54) is 23.1 Å². The topological polar surface area (TPSA) is 114 Å². The number of carbonyl (C=O) groups excluding carboxylic acids is 3. The van der Waals surface area contributed by atoms with Gasteiger partial charge in [0.05, 0.1) is 17.4 Å². The van der Waals surface area contributed by atoms with E-state index in [1.807, 2.05) is 20.8 Å². The molecule has 5 unspecified atom stereocenters. The van der Waals surface area contributed by atoms with Crippen LogP contribution in [0.4, 0.5) is 15.9 Å². The molecule has 0 aliphatic carbocycles. The van der Waals surface area contributed by atoms with E-state index in [1.54, 1.807) is 38.1 Å². The number of ether oxygens (including phenoxy) is 1. The van der Waals surface area contributed by atoms with Crippen molar-refractivity contribution < 1.29 is 28.0 Å². The largest absolute Gasteiger partial charge is 0.360 e. The molecule has 1 spiro atoms. The molecule has 9 nitrogen and oxygen atoms in total. The van der Waals surface area contributed by atoms with Crippen LogP contribution in [-0.4, -0.2) is 45.7 Å². The number of hydrogen-bond acceptors (Lipinski definition) is 6. The summed E-state index contributed by atoms with van der Waals surface area (Å²) >= 11 is 0. The molecule has 0 saturated carbocycles. The summed E-state index contributed by atoms with van der Waals surface area (Å²) < 4.78 is 25.6. The van der Waals surface area contributed by atoms with Crippen LogP contribution in [0.2, 0.25) is 0 Å². The van der Waals surface area contributed by atoms with Crippen LogP contribution in [0, 0.1) is 24.6 Å². The zero-order valence-electron chi connectivity index (χ0n) is 20.1. The zero-order chi connectivity index (χ0) is 25.3. The lowest BCUT2D eigenvalue weighted by Gasteiger charge is -2.35. The Bertz CT molecular complexity index is 1270. The maximum atomic E-state index is 14.2. The highest BCUT2D eigenvalue weighted by atomic mass is 19.1. The van der Waals surface area contributed by atoms with Crippen molar-refractivity contribution in [1.29, 1.82) is 0 Å². The van der Waals surface area contributed by atoms with Gasteiger partial charge in [-0.1, -0.05) is 23.4 Å². The van der Waals surface area contributed by atoms with Crippen molar-refractivity contribution in [3.63, 3.8) is 0 Å². The first-order valence-corrected chi connectivity index (χ1v) is 11.4. The summed E-state index contributed by atoms with van der Waals surface area (Å²) in [7, 11) is 0. The normalized spacial score (nSPS) is 31.1. The van der Waals surface area contributed by atoms with E-state index in [0.29, 0.717) is 5.76 Å². The highest BCUT2D eigenvalue weighted by Crippen LogP contribution is 2.60. The fraction of sp³-hybridized carbons (Fsp3) is 0.440. The van der Waals surface area contributed by atoms with Crippen LogP contribution >= 0.6 is 0 Å². The highest BCUT2D eigenvalue weighted by Gasteiger charge is 2.76. The first-order chi connectivity index (χ1) is 16.3. The minimum absolute atomic E-state index is 0.213. The summed E-state index contributed by atoms with van der Waals surface area (Å²) in [5.41, 5.74) is -2.93. The Hall–Kier alpha value is -3.53. The van der Waals surface area contributed by atoms with Gasteiger partial charge in [0.1, 0.15) is 23.2 Å². The van der Waals surface area contributed by atoms with Crippen LogP contribution in [0.5, 0.6) is 0 Å². The Morgan fingerprint density at radius 2 is 1.91 bits per heavy atom. The van der Waals surface area contributed by atoms with E-state index in [9.17, 15) is 18.8 Å². The van der Waals surface area contributed by atoms with Crippen molar-refractivity contribution in [2.45, 2.75) is 57.4 Å². The summed E-state index contributed by atoms with van der Waals surface area (Å²) in [5.74, 6) is -3.23. The Kier molecular flexibility index (Phi) is 4.96. The molecule has 3 aliphatic heterocycles. The Morgan fingerprint density at radius 3 is 2.54 bits per heavy atom. The third-order valence-electron chi connectivity index (χ3n) is 6.69. The SMILES string of the molecule is Cc1cc(NC(=O)C2C3C(=O)N(c4cccc(F)c4)C(C(=O)NC(C)(C)C)C34C=CC2(C)O4)no1. The maximum Gasteiger partial charge on any atom is 0.246 e. The van der Waals surface area contributed by atoms with E-state index in [0.717, 1.165) is 0 Å². The third-order valence-corrected chi connectivity index (χ3v) is 6.69. The van der Waals surface area contributed by atoms with Gasteiger partial charge in [-0.25, -0.2) is 4.39 Å². The Labute approximate surface area is 201 Å². The number of hydrogen-bond donors (Lipinski definition) is 2. The molecule has 1 aromatic carbocycles. The zero-order valence-corrected chi connectivity index (χ0v) is 20.1. The molecule has 2 N–H and O–H groups in total. The van der Waals surface area contributed by atoms with Gasteiger partial charge >= 0.3 is 0 Å². The number of benzene rings is 1. The molecule has 0 radical (unpaired) electrons. The van der Waals surface area contributed by atoms with Gasteiger partial charge in [-0.2, -0.15) is 0 Å². The first kappa shape index (κ1) is 23.2. The fourth-order valence-corrected chi connectivity index (χ4v) is 5.51. The van der Waals surface area contributed by atoms with Gasteiger partial charge in [0, 0.05) is 17.3 Å². The van der Waals surface area contributed by atoms with Gasteiger partial charge in [0.15, 0.2) is 5.82 Å². The molecular formula is C25H27FN4O5. The minimum atomic E-state index is -1.41. The van der Waals surface area contributed by atoms with Gasteiger partial charge < -0.3 is 19.9 Å². The number of rotatable bonds is 4. The van der Waals surface area contributed by atoms with Gasteiger partial charge in [-0.05, 0) is 52.8 Å². The van der Waals surface area contributed by atoms with Crippen molar-refractivity contribution in [3.8, 4) is 0 Å². The third kappa shape index (κ3) is 3.54. The van der Waals surface area contributed by atoms with Crippen LogP contribution < -0.4 is 15.5 Å². The molecular weight excluding hydrogens is 455 g/mol. The predicted molar refractivity (Wildman–Crippen MR) is 124 cm³/mol. The lowest BCUT2D eigenvalue weighted by atomic mass is 9.70. The Morgan fingerprint density at radius 1 is 1.17 bits per heavy atom. The number of amides is 3. The maximum absolute atomic E-state index is 14.2. The summed E-state index contributed by atoms with van der Waals surface area (Å²) in [6, 6.07) is 5.89. The van der Waals surface area contributed by atoms with E-state index in [4.69, 9.17) is 9.26 Å². The lowest BCUT2D eigenvalue weighted by Crippen LogP contribution is -2.58. The smallest absolute Gasteiger partial charge is 0.246 e. The molecule has 5 atom stereocenters. The van der Waals surface area contributed by atoms with Crippen LogP contribution in [0.15, 0.2) is 47.0 Å². The molecule has 1 aromatic heterocycles. The number of nitrogens with one attached hydrogen (secondary N) is 2. The fourth-order valence-electron chi connectivity index (χ4n) is 5.51. The molecule has 2 aromatic rings. The van der Waals surface area contributed by atoms with Gasteiger partial charge in [-0.3, -0.25) is 19.3 Å². The van der Waals surface area contributed by atoms with E-state index < -0.39 is 58.2 Å². The monoisotopic (exact) mass is 482 g/mol. The molecule has 3 amide bonds. The van der Waals surface area contributed by atoms with Crippen LogP contribution in [0.3, 0.4) is 0 Å². The molecule has 5 rings (SSSR count). The number of carbonyl (C=O) groups is 3. The predicted octanol–water partition coefficient (Wildman–Crippen LogP) is 2.72. The van der Waals surface area contributed by atoms with E-state index in [2.05, 4.69) is 15.8 Å². The van der Waals surface area contributed by atoms with Gasteiger partial charge in [0.2, 0.25) is 17.7 Å². The molecule has 184 valence electrons. The quantitative estimate of drug-likeness (QED) is 0.648. The average Bonchev–Trinajstić information content (AvgIpc) is 3.44. The summed E-state index contributed by atoms with van der Waals surface area (Å²) in [6.45, 7) is 8.88. The molecule has 35 heavy (non-hydrogen) atoms. The summed E-state index contributed by atoms with van der Waals surface area (Å²) in [5, 5.41) is 9.43. The highest BCUT2D eigenvalue weighted by molar-refractivity contribution is 6.11. The second kappa shape index (κ2) is 7.48. The van der Waals surface area contributed by atoms with Crippen molar-refractivity contribution in [1.82, 2.24) is 10.5 Å². The summed E-state index contributed by atoms with van der Waals surface area (Å²) in [4.78, 5) is 42.3. The lowest BCUT2D eigenvalue weighted by molar-refractivity contribution is -0.131. The van der Waals surface area contributed by atoms with E-state index in [-0.39, 0.29) is 11.5 Å². The van der Waals surface area contributed by atoms with Crippen LogP contribution in [0.25, 0.3) is 0 Å². The number of aromatic nitrogens is 1. The molecule has 2 bridgehead atoms. The number of nitrogens with zero attached hydrogens (tertiary/aromatic N) is 2.